The van der Waals surface area contributed by atoms with Gasteiger partial charge in [-0.25, -0.2) is 4.98 Å². The van der Waals surface area contributed by atoms with E-state index in [2.05, 4.69) is 4.98 Å². The number of primary amides is 1. The van der Waals surface area contributed by atoms with Gasteiger partial charge in [0.25, 0.3) is 11.5 Å². The SMILES string of the molecule is NC(=O)c1nc(-n2ccccc2=O)cs1. The van der Waals surface area contributed by atoms with Crippen molar-refractivity contribution in [3.05, 3.63) is 45.1 Å². The average molecular weight is 221 g/mol. The van der Waals surface area contributed by atoms with Gasteiger partial charge in [-0.2, -0.15) is 0 Å². The van der Waals surface area contributed by atoms with Crippen LogP contribution in [-0.4, -0.2) is 15.5 Å². The Kier molecular flexibility index (Phi) is 2.34. The molecular weight excluding hydrogens is 214 g/mol. The molecule has 0 unspecified atom stereocenters. The number of nitrogens with zero attached hydrogens (tertiary/aromatic N) is 2. The summed E-state index contributed by atoms with van der Waals surface area (Å²) in [5.74, 6) is -0.172. The van der Waals surface area contributed by atoms with Gasteiger partial charge in [-0.15, -0.1) is 11.3 Å². The second-order valence-corrected chi connectivity index (χ2v) is 3.64. The van der Waals surface area contributed by atoms with Gasteiger partial charge in [-0.05, 0) is 6.07 Å². The summed E-state index contributed by atoms with van der Waals surface area (Å²) in [6.45, 7) is 0. The highest BCUT2D eigenvalue weighted by molar-refractivity contribution is 7.11. The summed E-state index contributed by atoms with van der Waals surface area (Å²) in [6, 6.07) is 4.77. The molecule has 0 aliphatic heterocycles. The van der Waals surface area contributed by atoms with E-state index in [0.29, 0.717) is 5.82 Å². The van der Waals surface area contributed by atoms with E-state index >= 15 is 0 Å². The number of hydrogen-bond donors (Lipinski definition) is 1. The molecule has 76 valence electrons. The minimum Gasteiger partial charge on any atom is -0.364 e. The lowest BCUT2D eigenvalue weighted by Gasteiger charge is -1.98. The van der Waals surface area contributed by atoms with Crippen LogP contribution in [0, 0.1) is 0 Å². The summed E-state index contributed by atoms with van der Waals surface area (Å²) in [4.78, 5) is 26.2. The smallest absolute Gasteiger partial charge is 0.277 e. The molecule has 0 fully saturated rings. The van der Waals surface area contributed by atoms with Crippen molar-refractivity contribution >= 4 is 17.2 Å². The van der Waals surface area contributed by atoms with E-state index in [9.17, 15) is 9.59 Å². The maximum absolute atomic E-state index is 11.4. The maximum atomic E-state index is 11.4. The van der Waals surface area contributed by atoms with E-state index in [0.717, 1.165) is 11.3 Å². The van der Waals surface area contributed by atoms with E-state index in [4.69, 9.17) is 5.73 Å². The van der Waals surface area contributed by atoms with Crippen molar-refractivity contribution in [3.8, 4) is 5.82 Å². The van der Waals surface area contributed by atoms with Crippen molar-refractivity contribution in [2.24, 2.45) is 5.73 Å². The molecule has 0 aromatic carbocycles. The van der Waals surface area contributed by atoms with Gasteiger partial charge in [0.15, 0.2) is 10.8 Å². The second kappa shape index (κ2) is 3.66. The van der Waals surface area contributed by atoms with Crippen molar-refractivity contribution < 1.29 is 4.79 Å². The van der Waals surface area contributed by atoms with Crippen LogP contribution < -0.4 is 11.3 Å². The molecule has 0 spiro atoms. The minimum atomic E-state index is -0.588. The summed E-state index contributed by atoms with van der Waals surface area (Å²) < 4.78 is 1.35. The lowest BCUT2D eigenvalue weighted by Crippen LogP contribution is -2.16. The molecule has 2 aromatic heterocycles. The van der Waals surface area contributed by atoms with Crippen molar-refractivity contribution in [2.75, 3.05) is 0 Å². The van der Waals surface area contributed by atoms with Crippen LogP contribution in [0.3, 0.4) is 0 Å². The van der Waals surface area contributed by atoms with E-state index in [-0.39, 0.29) is 10.6 Å². The summed E-state index contributed by atoms with van der Waals surface area (Å²) in [7, 11) is 0. The topological polar surface area (TPSA) is 78.0 Å². The summed E-state index contributed by atoms with van der Waals surface area (Å²) in [6.07, 6.45) is 1.59. The zero-order valence-corrected chi connectivity index (χ0v) is 8.40. The fraction of sp³-hybridized carbons (Fsp3) is 0. The maximum Gasteiger partial charge on any atom is 0.277 e. The molecule has 0 radical (unpaired) electrons. The lowest BCUT2D eigenvalue weighted by atomic mass is 10.5. The van der Waals surface area contributed by atoms with Gasteiger partial charge in [-0.3, -0.25) is 14.2 Å². The zero-order chi connectivity index (χ0) is 10.8. The number of nitrogens with two attached hydrogens (primary N) is 1. The van der Waals surface area contributed by atoms with E-state index in [1.54, 1.807) is 23.7 Å². The average Bonchev–Trinajstić information content (AvgIpc) is 2.67. The van der Waals surface area contributed by atoms with Crippen LogP contribution in [0.5, 0.6) is 0 Å². The first-order valence-electron chi connectivity index (χ1n) is 4.12. The summed E-state index contributed by atoms with van der Waals surface area (Å²) >= 11 is 1.12. The first-order valence-corrected chi connectivity index (χ1v) is 5.00. The molecule has 0 saturated carbocycles. The third-order valence-electron chi connectivity index (χ3n) is 1.77. The van der Waals surface area contributed by atoms with Gasteiger partial charge in [-0.1, -0.05) is 6.07 Å². The van der Waals surface area contributed by atoms with Gasteiger partial charge in [0.1, 0.15) is 0 Å². The van der Waals surface area contributed by atoms with E-state index in [1.807, 2.05) is 0 Å². The molecule has 0 aliphatic rings. The number of hydrogen-bond acceptors (Lipinski definition) is 4. The van der Waals surface area contributed by atoms with Crippen molar-refractivity contribution in [2.45, 2.75) is 0 Å². The highest BCUT2D eigenvalue weighted by Gasteiger charge is 2.08. The first kappa shape index (κ1) is 9.60. The van der Waals surface area contributed by atoms with Crippen molar-refractivity contribution in [1.82, 2.24) is 9.55 Å². The van der Waals surface area contributed by atoms with Crippen LogP contribution in [0.1, 0.15) is 9.80 Å². The predicted octanol–water partition coefficient (Wildman–Crippen LogP) is 0.393. The van der Waals surface area contributed by atoms with Gasteiger partial charge in [0, 0.05) is 17.6 Å². The Labute approximate surface area is 88.8 Å². The molecule has 0 aliphatic carbocycles. The Morgan fingerprint density at radius 2 is 2.27 bits per heavy atom. The fourth-order valence-electron chi connectivity index (χ4n) is 1.11. The predicted molar refractivity (Wildman–Crippen MR) is 56.2 cm³/mol. The number of amides is 1. The Balaban J connectivity index is 2.51. The zero-order valence-electron chi connectivity index (χ0n) is 7.58. The highest BCUT2D eigenvalue weighted by Crippen LogP contribution is 2.11. The molecule has 15 heavy (non-hydrogen) atoms. The standard InChI is InChI=1S/C9H7N3O2S/c10-8(14)9-11-6(5-15-9)12-4-2-1-3-7(12)13/h1-5H,(H2,10,14). The molecule has 0 atom stereocenters. The highest BCUT2D eigenvalue weighted by atomic mass is 32.1. The molecule has 1 amide bonds. The normalized spacial score (nSPS) is 10.1. The molecule has 0 bridgehead atoms. The molecule has 2 N–H and O–H groups in total. The van der Waals surface area contributed by atoms with Crippen LogP contribution in [0.2, 0.25) is 0 Å². The molecule has 0 saturated heterocycles. The number of carbonyl (C=O) groups excluding carboxylic acids is 1. The molecule has 2 heterocycles. The number of carbonyl (C=O) groups is 1. The van der Waals surface area contributed by atoms with Crippen LogP contribution >= 0.6 is 11.3 Å². The lowest BCUT2D eigenvalue weighted by molar-refractivity contribution is 0.1000. The second-order valence-electron chi connectivity index (χ2n) is 2.78. The number of pyridine rings is 1. The Hall–Kier alpha value is -1.95. The Morgan fingerprint density at radius 3 is 2.87 bits per heavy atom. The largest absolute Gasteiger partial charge is 0.364 e. The molecule has 2 rings (SSSR count). The quantitative estimate of drug-likeness (QED) is 0.796. The molecular formula is C9H7N3O2S. The van der Waals surface area contributed by atoms with E-state index in [1.165, 1.54) is 10.6 Å². The van der Waals surface area contributed by atoms with Gasteiger partial charge in [0.05, 0.1) is 0 Å². The monoisotopic (exact) mass is 221 g/mol. The third kappa shape index (κ3) is 1.79. The van der Waals surface area contributed by atoms with Gasteiger partial charge in [0.2, 0.25) is 0 Å². The fourth-order valence-corrected chi connectivity index (χ4v) is 1.75. The molecule has 5 nitrogen and oxygen atoms in total. The first-order chi connectivity index (χ1) is 7.18. The minimum absolute atomic E-state index is 0.195. The van der Waals surface area contributed by atoms with Crippen molar-refractivity contribution in [3.63, 3.8) is 0 Å². The number of rotatable bonds is 2. The van der Waals surface area contributed by atoms with Gasteiger partial charge >= 0.3 is 0 Å². The van der Waals surface area contributed by atoms with E-state index < -0.39 is 5.91 Å². The van der Waals surface area contributed by atoms with Crippen LogP contribution in [-0.2, 0) is 0 Å². The van der Waals surface area contributed by atoms with Crippen LogP contribution in [0.25, 0.3) is 5.82 Å². The number of thiazole rings is 1. The molecule has 2 aromatic rings. The van der Waals surface area contributed by atoms with Crippen molar-refractivity contribution in [1.29, 1.82) is 0 Å². The Bertz CT molecular complexity index is 558. The summed E-state index contributed by atoms with van der Waals surface area (Å²) in [5.41, 5.74) is 4.87. The van der Waals surface area contributed by atoms with Gasteiger partial charge < -0.3 is 5.73 Å². The molecule has 6 heteroatoms. The van der Waals surface area contributed by atoms with Crippen LogP contribution in [0.15, 0.2) is 34.6 Å². The summed E-state index contributed by atoms with van der Waals surface area (Å²) in [5, 5.41) is 1.81. The number of aromatic nitrogens is 2. The van der Waals surface area contributed by atoms with Crippen LogP contribution in [0.4, 0.5) is 0 Å². The Morgan fingerprint density at radius 1 is 1.47 bits per heavy atom. The third-order valence-corrected chi connectivity index (χ3v) is 2.62.